The molecule has 3 aliphatic heterocycles. The smallest absolute Gasteiger partial charge is 0.241 e. The number of piperazine rings is 1. The fraction of sp³-hybridized carbons (Fsp3) is 0.579. The van der Waals surface area contributed by atoms with Crippen molar-refractivity contribution in [3.63, 3.8) is 0 Å². The van der Waals surface area contributed by atoms with Crippen LogP contribution in [0.1, 0.15) is 5.56 Å². The second-order valence-corrected chi connectivity index (χ2v) is 7.72. The van der Waals surface area contributed by atoms with Gasteiger partial charge in [0, 0.05) is 32.7 Å². The second kappa shape index (κ2) is 8.13. The van der Waals surface area contributed by atoms with Gasteiger partial charge < -0.3 is 25.0 Å². The molecule has 1 aromatic rings. The summed E-state index contributed by atoms with van der Waals surface area (Å²) in [5.74, 6) is 0.112. The zero-order chi connectivity index (χ0) is 19.7. The van der Waals surface area contributed by atoms with Crippen LogP contribution in [0.4, 0.5) is 11.4 Å². The van der Waals surface area contributed by atoms with E-state index in [1.54, 1.807) is 12.1 Å². The maximum absolute atomic E-state index is 13.3. The lowest BCUT2D eigenvalue weighted by Crippen LogP contribution is -2.66. The van der Waals surface area contributed by atoms with Crippen LogP contribution in [0, 0.1) is 11.3 Å². The number of hydrogen-bond acceptors (Lipinski definition) is 7. The Bertz CT molecular complexity index is 789. The summed E-state index contributed by atoms with van der Waals surface area (Å²) in [5, 5.41) is 9.71. The molecule has 4 rings (SSSR count). The summed E-state index contributed by atoms with van der Waals surface area (Å²) in [6, 6.07) is 5.42. The predicted molar refractivity (Wildman–Crippen MR) is 105 cm³/mol. The highest BCUT2D eigenvalue weighted by atomic mass is 35.5. The Hall–Kier alpha value is -2.05. The third kappa shape index (κ3) is 3.63. The van der Waals surface area contributed by atoms with Gasteiger partial charge in [-0.15, -0.1) is 0 Å². The molecule has 3 saturated heterocycles. The van der Waals surface area contributed by atoms with E-state index in [4.69, 9.17) is 26.8 Å². The first kappa shape index (κ1) is 19.3. The highest BCUT2D eigenvalue weighted by molar-refractivity contribution is 6.35. The normalized spacial score (nSPS) is 23.9. The van der Waals surface area contributed by atoms with Gasteiger partial charge in [0.2, 0.25) is 5.91 Å². The predicted octanol–water partition coefficient (Wildman–Crippen LogP) is 0.542. The molecule has 0 radical (unpaired) electrons. The molecule has 0 aromatic heterocycles. The first-order valence-corrected chi connectivity index (χ1v) is 9.90. The Balaban J connectivity index is 1.59. The van der Waals surface area contributed by atoms with Gasteiger partial charge in [-0.1, -0.05) is 11.6 Å². The number of rotatable bonds is 3. The number of nitrogens with two attached hydrogens (primary N) is 1. The van der Waals surface area contributed by atoms with Crippen LogP contribution in [0.15, 0.2) is 12.1 Å². The summed E-state index contributed by atoms with van der Waals surface area (Å²) in [6.07, 6.45) is 0. The van der Waals surface area contributed by atoms with Crippen molar-refractivity contribution in [1.29, 1.82) is 5.26 Å². The number of nitriles is 1. The summed E-state index contributed by atoms with van der Waals surface area (Å²) in [4.78, 5) is 19.5. The summed E-state index contributed by atoms with van der Waals surface area (Å²) < 4.78 is 10.8. The van der Waals surface area contributed by atoms with Crippen LogP contribution in [-0.4, -0.2) is 86.9 Å². The van der Waals surface area contributed by atoms with Crippen LogP contribution in [0.2, 0.25) is 5.02 Å². The van der Waals surface area contributed by atoms with Gasteiger partial charge in [0.05, 0.1) is 60.5 Å². The van der Waals surface area contributed by atoms with Gasteiger partial charge in [0.1, 0.15) is 6.04 Å². The zero-order valence-electron chi connectivity index (χ0n) is 15.6. The number of nitrogen functional groups attached to an aromatic ring is 1. The van der Waals surface area contributed by atoms with Crippen molar-refractivity contribution in [1.82, 2.24) is 9.80 Å². The fourth-order valence-electron chi connectivity index (χ4n) is 4.01. The van der Waals surface area contributed by atoms with Crippen molar-refractivity contribution in [3.8, 4) is 6.07 Å². The molecule has 3 fully saturated rings. The van der Waals surface area contributed by atoms with Crippen molar-refractivity contribution in [2.45, 2.75) is 12.1 Å². The van der Waals surface area contributed by atoms with Crippen LogP contribution in [0.5, 0.6) is 0 Å². The van der Waals surface area contributed by atoms with E-state index >= 15 is 0 Å². The molecule has 0 bridgehead atoms. The van der Waals surface area contributed by atoms with Gasteiger partial charge in [-0.05, 0) is 12.1 Å². The topological polar surface area (TPSA) is 95.1 Å². The number of benzene rings is 1. The van der Waals surface area contributed by atoms with Crippen LogP contribution < -0.4 is 10.6 Å². The number of morpholine rings is 1. The SMILES string of the molecule is N#Cc1cc(N)c(Cl)c(N2CCN(C3COC3)C(C(=O)N3CCOCC3)C2)c1. The molecular formula is C19H24ClN5O3. The largest absolute Gasteiger partial charge is 0.397 e. The molecule has 3 heterocycles. The van der Waals surface area contributed by atoms with Gasteiger partial charge in [-0.2, -0.15) is 5.26 Å². The lowest BCUT2D eigenvalue weighted by Gasteiger charge is -2.48. The zero-order valence-corrected chi connectivity index (χ0v) is 16.4. The van der Waals surface area contributed by atoms with Crippen molar-refractivity contribution >= 4 is 28.9 Å². The van der Waals surface area contributed by atoms with E-state index in [-0.39, 0.29) is 18.0 Å². The lowest BCUT2D eigenvalue weighted by atomic mass is 10.0. The minimum atomic E-state index is -0.288. The number of halogens is 1. The van der Waals surface area contributed by atoms with E-state index in [2.05, 4.69) is 15.9 Å². The van der Waals surface area contributed by atoms with Gasteiger partial charge in [0.25, 0.3) is 0 Å². The fourth-order valence-corrected chi connectivity index (χ4v) is 4.24. The number of hydrogen-bond donors (Lipinski definition) is 1. The molecule has 0 saturated carbocycles. The molecule has 150 valence electrons. The highest BCUT2D eigenvalue weighted by Crippen LogP contribution is 2.34. The quantitative estimate of drug-likeness (QED) is 0.733. The van der Waals surface area contributed by atoms with E-state index in [0.29, 0.717) is 74.6 Å². The average Bonchev–Trinajstić information content (AvgIpc) is 2.69. The molecule has 1 atom stereocenters. The van der Waals surface area contributed by atoms with E-state index < -0.39 is 0 Å². The van der Waals surface area contributed by atoms with Gasteiger partial charge in [-0.3, -0.25) is 9.69 Å². The van der Waals surface area contributed by atoms with Crippen molar-refractivity contribution < 1.29 is 14.3 Å². The third-order valence-electron chi connectivity index (χ3n) is 5.67. The van der Waals surface area contributed by atoms with E-state index in [0.717, 1.165) is 6.54 Å². The molecule has 1 unspecified atom stereocenters. The molecule has 1 amide bonds. The maximum atomic E-state index is 13.3. The third-order valence-corrected chi connectivity index (χ3v) is 6.08. The Morgan fingerprint density at radius 3 is 2.57 bits per heavy atom. The second-order valence-electron chi connectivity index (χ2n) is 7.34. The maximum Gasteiger partial charge on any atom is 0.241 e. The highest BCUT2D eigenvalue weighted by Gasteiger charge is 2.41. The summed E-state index contributed by atoms with van der Waals surface area (Å²) in [7, 11) is 0. The molecule has 2 N–H and O–H groups in total. The molecule has 3 aliphatic rings. The first-order chi connectivity index (χ1) is 13.6. The van der Waals surface area contributed by atoms with E-state index in [1.807, 2.05) is 4.90 Å². The molecule has 0 spiro atoms. The van der Waals surface area contributed by atoms with Crippen LogP contribution in [0.3, 0.4) is 0 Å². The molecular weight excluding hydrogens is 382 g/mol. The standard InChI is InChI=1S/C19H24ClN5O3/c20-18-15(22)7-13(9-21)8-16(18)24-1-2-25(14-11-28-12-14)17(10-24)19(26)23-3-5-27-6-4-23/h7-8,14,17H,1-6,10-12,22H2. The van der Waals surface area contributed by atoms with Crippen molar-refractivity contribution in [2.75, 3.05) is 69.8 Å². The first-order valence-electron chi connectivity index (χ1n) is 9.52. The number of carbonyl (C=O) groups excluding carboxylic acids is 1. The summed E-state index contributed by atoms with van der Waals surface area (Å²) >= 11 is 6.45. The summed E-state index contributed by atoms with van der Waals surface area (Å²) in [5.41, 5.74) is 7.54. The van der Waals surface area contributed by atoms with Gasteiger partial charge >= 0.3 is 0 Å². The van der Waals surface area contributed by atoms with Gasteiger partial charge in [-0.25, -0.2) is 0 Å². The minimum absolute atomic E-state index is 0.112. The van der Waals surface area contributed by atoms with Crippen molar-refractivity contribution in [3.05, 3.63) is 22.7 Å². The van der Waals surface area contributed by atoms with Crippen LogP contribution in [-0.2, 0) is 14.3 Å². The number of anilines is 2. The number of carbonyl (C=O) groups is 1. The van der Waals surface area contributed by atoms with Crippen LogP contribution in [0.25, 0.3) is 0 Å². The number of nitrogens with zero attached hydrogens (tertiary/aromatic N) is 4. The van der Waals surface area contributed by atoms with Gasteiger partial charge in [0.15, 0.2) is 0 Å². The molecule has 0 aliphatic carbocycles. The summed E-state index contributed by atoms with van der Waals surface area (Å²) in [6.45, 7) is 5.61. The van der Waals surface area contributed by atoms with Crippen LogP contribution >= 0.6 is 11.6 Å². The number of amides is 1. The lowest BCUT2D eigenvalue weighted by molar-refractivity contribution is -0.148. The monoisotopic (exact) mass is 405 g/mol. The Kier molecular flexibility index (Phi) is 5.60. The van der Waals surface area contributed by atoms with E-state index in [9.17, 15) is 10.1 Å². The minimum Gasteiger partial charge on any atom is -0.397 e. The van der Waals surface area contributed by atoms with E-state index in [1.165, 1.54) is 0 Å². The molecule has 9 heteroatoms. The molecule has 8 nitrogen and oxygen atoms in total. The Morgan fingerprint density at radius 1 is 1.18 bits per heavy atom. The Morgan fingerprint density at radius 2 is 1.93 bits per heavy atom. The average molecular weight is 406 g/mol. The molecule has 28 heavy (non-hydrogen) atoms. The number of ether oxygens (including phenoxy) is 2. The Labute approximate surface area is 169 Å². The molecule has 1 aromatic carbocycles. The van der Waals surface area contributed by atoms with Crippen molar-refractivity contribution in [2.24, 2.45) is 0 Å².